The molecule has 0 aliphatic carbocycles. The monoisotopic (exact) mass is 391 g/mol. The largest absolute Gasteiger partial charge is 0.433 e. The van der Waals surface area contributed by atoms with Crippen molar-refractivity contribution >= 4 is 22.5 Å². The summed E-state index contributed by atoms with van der Waals surface area (Å²) in [6.07, 6.45) is -3.24. The zero-order valence-corrected chi connectivity index (χ0v) is 14.3. The highest BCUT2D eigenvalue weighted by molar-refractivity contribution is 6.31. The molecule has 2 heterocycles. The minimum Gasteiger partial charge on any atom is -0.256 e. The minimum atomic E-state index is -4.63. The average Bonchev–Trinajstić information content (AvgIpc) is 3.07. The molecule has 2 aromatic carbocycles. The number of alkyl halides is 3. The number of aromatic nitrogens is 3. The van der Waals surface area contributed by atoms with Crippen molar-refractivity contribution < 1.29 is 17.6 Å². The Morgan fingerprint density at radius 1 is 0.926 bits per heavy atom. The van der Waals surface area contributed by atoms with Crippen molar-refractivity contribution in [2.24, 2.45) is 0 Å². The standard InChI is InChI=1S/C19H10ClF4N3/c20-12-3-6-14-16(9-12)25-8-7-17(14)27-18(19(22,23)24)10-15(26-27)11-1-4-13(21)5-2-11/h1-10H. The first-order valence-electron chi connectivity index (χ1n) is 7.81. The van der Waals surface area contributed by atoms with Gasteiger partial charge in [-0.2, -0.15) is 18.3 Å². The first kappa shape index (κ1) is 17.5. The number of pyridine rings is 1. The third-order valence-corrected chi connectivity index (χ3v) is 4.28. The third kappa shape index (κ3) is 3.26. The zero-order valence-electron chi connectivity index (χ0n) is 13.5. The van der Waals surface area contributed by atoms with Crippen LogP contribution in [0.25, 0.3) is 27.8 Å². The zero-order chi connectivity index (χ0) is 19.2. The van der Waals surface area contributed by atoms with Gasteiger partial charge in [-0.3, -0.25) is 4.98 Å². The second kappa shape index (κ2) is 6.35. The quantitative estimate of drug-likeness (QED) is 0.398. The molecular formula is C19H10ClF4N3. The highest BCUT2D eigenvalue weighted by Gasteiger charge is 2.36. The average molecular weight is 392 g/mol. The predicted molar refractivity (Wildman–Crippen MR) is 94.3 cm³/mol. The van der Waals surface area contributed by atoms with Crippen LogP contribution in [-0.4, -0.2) is 14.8 Å². The van der Waals surface area contributed by atoms with Gasteiger partial charge in [-0.25, -0.2) is 9.07 Å². The third-order valence-electron chi connectivity index (χ3n) is 4.05. The number of benzene rings is 2. The molecule has 2 aromatic heterocycles. The first-order valence-corrected chi connectivity index (χ1v) is 8.18. The number of nitrogens with zero attached hydrogens (tertiary/aromatic N) is 3. The van der Waals surface area contributed by atoms with Crippen molar-refractivity contribution in [1.82, 2.24) is 14.8 Å². The number of halogens is 5. The van der Waals surface area contributed by atoms with Crippen LogP contribution in [0.5, 0.6) is 0 Å². The van der Waals surface area contributed by atoms with E-state index in [9.17, 15) is 17.6 Å². The van der Waals surface area contributed by atoms with E-state index in [1.165, 1.54) is 36.5 Å². The summed E-state index contributed by atoms with van der Waals surface area (Å²) in [5.74, 6) is -0.480. The molecule has 0 bridgehead atoms. The molecule has 0 saturated heterocycles. The lowest BCUT2D eigenvalue weighted by atomic mass is 10.1. The fourth-order valence-corrected chi connectivity index (χ4v) is 2.99. The van der Waals surface area contributed by atoms with E-state index in [2.05, 4.69) is 10.1 Å². The molecule has 0 radical (unpaired) electrons. The van der Waals surface area contributed by atoms with Gasteiger partial charge in [0.15, 0.2) is 0 Å². The van der Waals surface area contributed by atoms with Crippen LogP contribution < -0.4 is 0 Å². The van der Waals surface area contributed by atoms with E-state index in [1.54, 1.807) is 18.2 Å². The van der Waals surface area contributed by atoms with Gasteiger partial charge < -0.3 is 0 Å². The summed E-state index contributed by atoms with van der Waals surface area (Å²) in [5.41, 5.74) is 0.192. The van der Waals surface area contributed by atoms with E-state index in [4.69, 9.17) is 11.6 Å². The molecule has 0 aliphatic heterocycles. The lowest BCUT2D eigenvalue weighted by molar-refractivity contribution is -0.142. The molecule has 27 heavy (non-hydrogen) atoms. The molecule has 0 fully saturated rings. The van der Waals surface area contributed by atoms with Gasteiger partial charge in [-0.05, 0) is 54.6 Å². The number of hydrogen-bond acceptors (Lipinski definition) is 2. The van der Waals surface area contributed by atoms with Crippen LogP contribution >= 0.6 is 11.6 Å². The summed E-state index contributed by atoms with van der Waals surface area (Å²) in [6.45, 7) is 0. The van der Waals surface area contributed by atoms with Crippen molar-refractivity contribution in [1.29, 1.82) is 0 Å². The van der Waals surface area contributed by atoms with Gasteiger partial charge in [-0.1, -0.05) is 11.6 Å². The van der Waals surface area contributed by atoms with Crippen LogP contribution in [0.3, 0.4) is 0 Å². The molecule has 3 nitrogen and oxygen atoms in total. The van der Waals surface area contributed by atoms with E-state index in [0.29, 0.717) is 21.5 Å². The SMILES string of the molecule is Fc1ccc(-c2cc(C(F)(F)F)n(-c3ccnc4cc(Cl)ccc34)n2)cc1. The van der Waals surface area contributed by atoms with Crippen LogP contribution in [-0.2, 0) is 6.18 Å². The smallest absolute Gasteiger partial charge is 0.256 e. The van der Waals surface area contributed by atoms with E-state index in [-0.39, 0.29) is 11.4 Å². The van der Waals surface area contributed by atoms with Crippen molar-refractivity contribution in [3.05, 3.63) is 77.3 Å². The molecule has 0 unspecified atom stereocenters. The summed E-state index contributed by atoms with van der Waals surface area (Å²) in [7, 11) is 0. The highest BCUT2D eigenvalue weighted by Crippen LogP contribution is 2.35. The van der Waals surface area contributed by atoms with Crippen LogP contribution in [0.4, 0.5) is 17.6 Å². The molecule has 4 aromatic rings. The Hall–Kier alpha value is -2.93. The topological polar surface area (TPSA) is 30.7 Å². The van der Waals surface area contributed by atoms with Crippen molar-refractivity contribution in [2.45, 2.75) is 6.18 Å². The molecule has 136 valence electrons. The molecule has 0 amide bonds. The summed E-state index contributed by atoms with van der Waals surface area (Å²) >= 11 is 5.94. The molecule has 0 saturated carbocycles. The Balaban J connectivity index is 1.96. The van der Waals surface area contributed by atoms with Crippen LogP contribution in [0.15, 0.2) is 60.8 Å². The van der Waals surface area contributed by atoms with Gasteiger partial charge in [0.05, 0.1) is 16.9 Å². The Morgan fingerprint density at radius 2 is 1.67 bits per heavy atom. The Kier molecular flexibility index (Phi) is 4.11. The molecule has 4 rings (SSSR count). The second-order valence-corrected chi connectivity index (χ2v) is 6.26. The lowest BCUT2D eigenvalue weighted by Crippen LogP contribution is -2.13. The normalized spacial score (nSPS) is 11.9. The minimum absolute atomic E-state index is 0.0845. The Morgan fingerprint density at radius 3 is 2.37 bits per heavy atom. The summed E-state index contributed by atoms with van der Waals surface area (Å²) in [5, 5.41) is 5.03. The van der Waals surface area contributed by atoms with Crippen LogP contribution in [0.1, 0.15) is 5.69 Å². The molecule has 8 heteroatoms. The number of rotatable bonds is 2. The van der Waals surface area contributed by atoms with Gasteiger partial charge in [0.2, 0.25) is 0 Å². The fraction of sp³-hybridized carbons (Fsp3) is 0.0526. The van der Waals surface area contributed by atoms with E-state index in [1.807, 2.05) is 0 Å². The predicted octanol–water partition coefficient (Wildman–Crippen LogP) is 5.90. The van der Waals surface area contributed by atoms with Crippen molar-refractivity contribution in [3.8, 4) is 16.9 Å². The lowest BCUT2D eigenvalue weighted by Gasteiger charge is -2.12. The maximum atomic E-state index is 13.6. The maximum Gasteiger partial charge on any atom is 0.433 e. The van der Waals surface area contributed by atoms with Crippen LogP contribution in [0, 0.1) is 5.82 Å². The van der Waals surface area contributed by atoms with Gasteiger partial charge in [-0.15, -0.1) is 0 Å². The molecular weight excluding hydrogens is 382 g/mol. The second-order valence-electron chi connectivity index (χ2n) is 5.82. The maximum absolute atomic E-state index is 13.6. The molecule has 0 aliphatic rings. The van der Waals surface area contributed by atoms with E-state index >= 15 is 0 Å². The van der Waals surface area contributed by atoms with Gasteiger partial charge in [0.25, 0.3) is 0 Å². The van der Waals surface area contributed by atoms with Gasteiger partial charge >= 0.3 is 6.18 Å². The molecule has 0 atom stereocenters. The molecule has 0 N–H and O–H groups in total. The number of hydrogen-bond donors (Lipinski definition) is 0. The highest BCUT2D eigenvalue weighted by atomic mass is 35.5. The number of fused-ring (bicyclic) bond motifs is 1. The van der Waals surface area contributed by atoms with E-state index < -0.39 is 17.7 Å². The summed E-state index contributed by atoms with van der Waals surface area (Å²) < 4.78 is 54.9. The van der Waals surface area contributed by atoms with Crippen molar-refractivity contribution in [2.75, 3.05) is 0 Å². The van der Waals surface area contributed by atoms with Gasteiger partial charge in [0.1, 0.15) is 11.5 Å². The first-order chi connectivity index (χ1) is 12.8. The molecule has 0 spiro atoms. The van der Waals surface area contributed by atoms with Crippen molar-refractivity contribution in [3.63, 3.8) is 0 Å². The fourth-order valence-electron chi connectivity index (χ4n) is 2.82. The van der Waals surface area contributed by atoms with E-state index in [0.717, 1.165) is 10.7 Å². The Bertz CT molecular complexity index is 1130. The van der Waals surface area contributed by atoms with Crippen LogP contribution in [0.2, 0.25) is 5.02 Å². The van der Waals surface area contributed by atoms with Gasteiger partial charge in [0, 0.05) is 22.2 Å². The Labute approximate surface area is 155 Å². The summed E-state index contributed by atoms with van der Waals surface area (Å²) in [6, 6.07) is 12.2. The summed E-state index contributed by atoms with van der Waals surface area (Å²) in [4.78, 5) is 4.15.